The minimum Gasteiger partial charge on any atom is -0.497 e. The molecule has 2 rings (SSSR count). The van der Waals surface area contributed by atoms with E-state index in [1.165, 1.54) is 0 Å². The first-order valence-electron chi connectivity index (χ1n) is 6.48. The lowest BCUT2D eigenvalue weighted by Gasteiger charge is -2.06. The van der Waals surface area contributed by atoms with Crippen LogP contribution in [0.1, 0.15) is 22.3 Å². The van der Waals surface area contributed by atoms with Crippen LogP contribution in [0, 0.1) is 0 Å². The van der Waals surface area contributed by atoms with E-state index >= 15 is 0 Å². The van der Waals surface area contributed by atoms with E-state index < -0.39 is 0 Å². The Balaban J connectivity index is 2.05. The molecule has 0 fully saturated rings. The Kier molecular flexibility index (Phi) is 5.06. The van der Waals surface area contributed by atoms with Gasteiger partial charge in [-0.05, 0) is 42.0 Å². The Hall–Kier alpha value is -2.20. The number of carbonyl (C=O) groups excluding carboxylic acids is 1. The third-order valence-corrected chi connectivity index (χ3v) is 3.53. The molecular formula is C17H16O3S. The average Bonchev–Trinajstić information content (AvgIpc) is 2.55. The number of carbonyl (C=O) groups is 1. The van der Waals surface area contributed by atoms with Gasteiger partial charge < -0.3 is 9.47 Å². The van der Waals surface area contributed by atoms with E-state index in [-0.39, 0.29) is 12.2 Å². The van der Waals surface area contributed by atoms with Crippen molar-refractivity contribution < 1.29 is 14.3 Å². The van der Waals surface area contributed by atoms with Crippen molar-refractivity contribution in [2.45, 2.75) is 6.42 Å². The summed E-state index contributed by atoms with van der Waals surface area (Å²) in [6.07, 6.45) is 0.216. The molecule has 21 heavy (non-hydrogen) atoms. The summed E-state index contributed by atoms with van der Waals surface area (Å²) in [6.45, 7) is 0. The van der Waals surface area contributed by atoms with Crippen LogP contribution in [0.4, 0.5) is 0 Å². The zero-order valence-corrected chi connectivity index (χ0v) is 12.8. The van der Waals surface area contributed by atoms with Crippen LogP contribution in [0.3, 0.4) is 0 Å². The highest BCUT2D eigenvalue weighted by molar-refractivity contribution is 7.80. The van der Waals surface area contributed by atoms with E-state index in [2.05, 4.69) is 0 Å². The van der Waals surface area contributed by atoms with Crippen molar-refractivity contribution in [3.05, 3.63) is 59.7 Å². The number of ether oxygens (including phenoxy) is 2. The normalized spacial score (nSPS) is 10.0. The van der Waals surface area contributed by atoms with Gasteiger partial charge in [-0.25, -0.2) is 0 Å². The molecule has 0 aliphatic heterocycles. The Labute approximate surface area is 129 Å². The first-order valence-corrected chi connectivity index (χ1v) is 6.89. The molecule has 0 N–H and O–H groups in total. The van der Waals surface area contributed by atoms with Crippen LogP contribution in [0.5, 0.6) is 11.5 Å². The molecule has 0 bridgehead atoms. The standard InChI is InChI=1S/C17H16O3S/c1-19-14-7-3-12(4-8-14)16(18)11-17(21)13-5-9-15(20-2)10-6-13/h3-10H,11H2,1-2H3. The molecule has 2 aromatic carbocycles. The van der Waals surface area contributed by atoms with E-state index in [1.807, 2.05) is 24.3 Å². The fourth-order valence-electron chi connectivity index (χ4n) is 1.90. The molecule has 0 saturated heterocycles. The highest BCUT2D eigenvalue weighted by Crippen LogP contribution is 2.16. The van der Waals surface area contributed by atoms with E-state index in [9.17, 15) is 4.79 Å². The summed E-state index contributed by atoms with van der Waals surface area (Å²) in [4.78, 5) is 12.8. The van der Waals surface area contributed by atoms with Crippen molar-refractivity contribution in [1.29, 1.82) is 0 Å². The highest BCUT2D eigenvalue weighted by atomic mass is 32.1. The van der Waals surface area contributed by atoms with Crippen LogP contribution in [0.15, 0.2) is 48.5 Å². The van der Waals surface area contributed by atoms with Crippen molar-refractivity contribution in [3.63, 3.8) is 0 Å². The lowest BCUT2D eigenvalue weighted by atomic mass is 10.0. The first-order chi connectivity index (χ1) is 10.1. The SMILES string of the molecule is COc1ccc(C(=O)CC(=S)c2ccc(OC)cc2)cc1. The van der Waals surface area contributed by atoms with Gasteiger partial charge in [-0.1, -0.05) is 24.4 Å². The van der Waals surface area contributed by atoms with Gasteiger partial charge in [-0.3, -0.25) is 4.79 Å². The van der Waals surface area contributed by atoms with Crippen LogP contribution in [-0.2, 0) is 0 Å². The summed E-state index contributed by atoms with van der Waals surface area (Å²) in [6, 6.07) is 14.4. The van der Waals surface area contributed by atoms with Crippen molar-refractivity contribution in [1.82, 2.24) is 0 Å². The van der Waals surface area contributed by atoms with Crippen LogP contribution in [-0.4, -0.2) is 24.9 Å². The van der Waals surface area contributed by atoms with E-state index in [0.29, 0.717) is 10.4 Å². The quantitative estimate of drug-likeness (QED) is 0.602. The minimum absolute atomic E-state index is 0.00142. The maximum atomic E-state index is 12.2. The summed E-state index contributed by atoms with van der Waals surface area (Å²) in [7, 11) is 3.20. The third kappa shape index (κ3) is 3.89. The fourth-order valence-corrected chi connectivity index (χ4v) is 2.17. The number of benzene rings is 2. The Morgan fingerprint density at radius 3 is 1.71 bits per heavy atom. The van der Waals surface area contributed by atoms with Crippen LogP contribution < -0.4 is 9.47 Å². The van der Waals surface area contributed by atoms with Crippen molar-refractivity contribution in [3.8, 4) is 11.5 Å². The van der Waals surface area contributed by atoms with Crippen LogP contribution >= 0.6 is 12.2 Å². The van der Waals surface area contributed by atoms with Gasteiger partial charge in [0.1, 0.15) is 11.5 Å². The zero-order valence-electron chi connectivity index (χ0n) is 12.0. The molecule has 0 unspecified atom stereocenters. The van der Waals surface area contributed by atoms with Crippen molar-refractivity contribution in [2.75, 3.05) is 14.2 Å². The van der Waals surface area contributed by atoms with Crippen molar-refractivity contribution >= 4 is 22.9 Å². The van der Waals surface area contributed by atoms with Gasteiger partial charge in [0.2, 0.25) is 0 Å². The summed E-state index contributed by atoms with van der Waals surface area (Å²) in [5.74, 6) is 1.49. The summed E-state index contributed by atoms with van der Waals surface area (Å²) < 4.78 is 10.2. The number of hydrogen-bond donors (Lipinski definition) is 0. The predicted molar refractivity (Wildman–Crippen MR) is 86.6 cm³/mol. The number of rotatable bonds is 6. The Morgan fingerprint density at radius 2 is 1.29 bits per heavy atom. The van der Waals surface area contributed by atoms with Crippen molar-refractivity contribution in [2.24, 2.45) is 0 Å². The molecule has 0 amide bonds. The van der Waals surface area contributed by atoms with Gasteiger partial charge in [0.05, 0.1) is 14.2 Å². The maximum Gasteiger partial charge on any atom is 0.168 e. The second-order valence-corrected chi connectivity index (χ2v) is 4.97. The molecule has 0 atom stereocenters. The monoisotopic (exact) mass is 300 g/mol. The largest absolute Gasteiger partial charge is 0.497 e. The molecule has 0 radical (unpaired) electrons. The zero-order chi connectivity index (χ0) is 15.2. The molecule has 0 aliphatic carbocycles. The summed E-state index contributed by atoms with van der Waals surface area (Å²) >= 11 is 5.34. The van der Waals surface area contributed by atoms with Gasteiger partial charge >= 0.3 is 0 Å². The van der Waals surface area contributed by atoms with Gasteiger partial charge in [0.15, 0.2) is 5.78 Å². The highest BCUT2D eigenvalue weighted by Gasteiger charge is 2.11. The first kappa shape index (κ1) is 15.2. The van der Waals surface area contributed by atoms with Crippen LogP contribution in [0.2, 0.25) is 0 Å². The third-order valence-electron chi connectivity index (χ3n) is 3.15. The van der Waals surface area contributed by atoms with Gasteiger partial charge in [-0.15, -0.1) is 0 Å². The summed E-state index contributed by atoms with van der Waals surface area (Å²) in [5, 5.41) is 0. The minimum atomic E-state index is -0.00142. The lowest BCUT2D eigenvalue weighted by molar-refractivity contribution is 0.100. The number of hydrogen-bond acceptors (Lipinski definition) is 4. The Bertz CT molecular complexity index is 573. The van der Waals surface area contributed by atoms with Crippen LogP contribution in [0.25, 0.3) is 0 Å². The molecule has 0 aromatic heterocycles. The lowest BCUT2D eigenvalue weighted by Crippen LogP contribution is -2.07. The number of Topliss-reactive ketones (excluding diaryl/α,β-unsaturated/α-hetero) is 1. The van der Waals surface area contributed by atoms with Gasteiger partial charge in [0.25, 0.3) is 0 Å². The average molecular weight is 300 g/mol. The maximum absolute atomic E-state index is 12.2. The molecule has 0 saturated carbocycles. The molecule has 0 aliphatic rings. The number of methoxy groups -OCH3 is 2. The Morgan fingerprint density at radius 1 is 0.857 bits per heavy atom. The molecule has 108 valence electrons. The van der Waals surface area contributed by atoms with E-state index in [1.54, 1.807) is 38.5 Å². The topological polar surface area (TPSA) is 35.5 Å². The molecule has 2 aromatic rings. The molecule has 4 heteroatoms. The molecule has 0 heterocycles. The number of ketones is 1. The smallest absolute Gasteiger partial charge is 0.168 e. The second-order valence-electron chi connectivity index (χ2n) is 4.48. The molecule has 0 spiro atoms. The van der Waals surface area contributed by atoms with E-state index in [4.69, 9.17) is 21.7 Å². The van der Waals surface area contributed by atoms with Gasteiger partial charge in [-0.2, -0.15) is 0 Å². The summed E-state index contributed by atoms with van der Waals surface area (Å²) in [5.41, 5.74) is 1.50. The molecule has 3 nitrogen and oxygen atoms in total. The molecular weight excluding hydrogens is 284 g/mol. The fraction of sp³-hybridized carbons (Fsp3) is 0.176. The van der Waals surface area contributed by atoms with E-state index in [0.717, 1.165) is 17.1 Å². The predicted octanol–water partition coefficient (Wildman–Crippen LogP) is 3.69. The second kappa shape index (κ2) is 6.99. The number of thiocarbonyl (C=S) groups is 1. The van der Waals surface area contributed by atoms with Gasteiger partial charge in [0, 0.05) is 16.8 Å².